The number of primary amides is 1. The highest BCUT2D eigenvalue weighted by Gasteiger charge is 2.15. The Hall–Kier alpha value is -2.76. The number of rotatable bonds is 5. The molecule has 1 heterocycles. The molecular weight excluding hydrogens is 250 g/mol. The number of amides is 1. The molecule has 0 spiro atoms. The number of benzene rings is 1. The maximum atomic E-state index is 11.2. The van der Waals surface area contributed by atoms with Crippen molar-refractivity contribution in [2.24, 2.45) is 5.73 Å². The Morgan fingerprint density at radius 1 is 1.26 bits per heavy atom. The van der Waals surface area contributed by atoms with Gasteiger partial charge < -0.3 is 20.0 Å². The quantitative estimate of drug-likeness (QED) is 0.851. The fourth-order valence-electron chi connectivity index (χ4n) is 1.59. The van der Waals surface area contributed by atoms with Gasteiger partial charge >= 0.3 is 5.97 Å². The molecule has 0 fully saturated rings. The van der Waals surface area contributed by atoms with E-state index in [2.05, 4.69) is 0 Å². The van der Waals surface area contributed by atoms with Gasteiger partial charge in [0.1, 0.15) is 12.4 Å². The minimum Gasteiger partial charge on any atom is -0.488 e. The summed E-state index contributed by atoms with van der Waals surface area (Å²) in [5.74, 6) is -1.67. The SMILES string of the molecule is NC(=O)c1ccccc1OCc1ccoc1C(=O)O. The first-order valence-corrected chi connectivity index (χ1v) is 5.41. The predicted octanol–water partition coefficient (Wildman–Crippen LogP) is 1.66. The van der Waals surface area contributed by atoms with Crippen molar-refractivity contribution in [3.05, 3.63) is 53.5 Å². The van der Waals surface area contributed by atoms with Crippen LogP contribution in [0.5, 0.6) is 5.75 Å². The van der Waals surface area contributed by atoms with E-state index in [0.29, 0.717) is 11.3 Å². The van der Waals surface area contributed by atoms with Crippen LogP contribution in [0.3, 0.4) is 0 Å². The molecule has 0 aliphatic carbocycles. The lowest BCUT2D eigenvalue weighted by atomic mass is 10.2. The molecule has 0 unspecified atom stereocenters. The summed E-state index contributed by atoms with van der Waals surface area (Å²) in [6.07, 6.45) is 1.27. The second-order valence-corrected chi connectivity index (χ2v) is 3.73. The van der Waals surface area contributed by atoms with Gasteiger partial charge in [-0.3, -0.25) is 4.79 Å². The van der Waals surface area contributed by atoms with Gasteiger partial charge in [0.15, 0.2) is 0 Å². The third-order valence-electron chi connectivity index (χ3n) is 2.48. The average Bonchev–Trinajstić information content (AvgIpc) is 2.85. The normalized spacial score (nSPS) is 10.1. The number of carbonyl (C=O) groups excluding carboxylic acids is 1. The van der Waals surface area contributed by atoms with Crippen molar-refractivity contribution in [3.63, 3.8) is 0 Å². The highest BCUT2D eigenvalue weighted by molar-refractivity contribution is 5.95. The van der Waals surface area contributed by atoms with Crippen molar-refractivity contribution in [1.29, 1.82) is 0 Å². The van der Waals surface area contributed by atoms with Crippen molar-refractivity contribution >= 4 is 11.9 Å². The van der Waals surface area contributed by atoms with Crippen LogP contribution in [0.2, 0.25) is 0 Å². The zero-order chi connectivity index (χ0) is 13.8. The van der Waals surface area contributed by atoms with Crippen LogP contribution in [0.4, 0.5) is 0 Å². The van der Waals surface area contributed by atoms with Crippen LogP contribution in [0, 0.1) is 0 Å². The molecule has 0 saturated heterocycles. The van der Waals surface area contributed by atoms with Crippen LogP contribution in [0.1, 0.15) is 26.5 Å². The number of aromatic carboxylic acids is 1. The lowest BCUT2D eigenvalue weighted by Gasteiger charge is -2.08. The van der Waals surface area contributed by atoms with Gasteiger partial charge in [-0.1, -0.05) is 12.1 Å². The highest BCUT2D eigenvalue weighted by Crippen LogP contribution is 2.20. The fraction of sp³-hybridized carbons (Fsp3) is 0.0769. The predicted molar refractivity (Wildman–Crippen MR) is 65.0 cm³/mol. The lowest BCUT2D eigenvalue weighted by Crippen LogP contribution is -2.13. The summed E-state index contributed by atoms with van der Waals surface area (Å²) in [5, 5.41) is 8.87. The number of hydrogen-bond donors (Lipinski definition) is 2. The van der Waals surface area contributed by atoms with Gasteiger partial charge in [0.25, 0.3) is 5.91 Å². The molecule has 0 radical (unpaired) electrons. The molecule has 3 N–H and O–H groups in total. The van der Waals surface area contributed by atoms with E-state index in [-0.39, 0.29) is 17.9 Å². The maximum Gasteiger partial charge on any atom is 0.372 e. The van der Waals surface area contributed by atoms with Crippen LogP contribution < -0.4 is 10.5 Å². The Balaban J connectivity index is 2.17. The largest absolute Gasteiger partial charge is 0.488 e. The zero-order valence-corrected chi connectivity index (χ0v) is 9.83. The molecule has 2 aromatic rings. The molecule has 0 atom stereocenters. The monoisotopic (exact) mass is 261 g/mol. The van der Waals surface area contributed by atoms with Crippen LogP contribution >= 0.6 is 0 Å². The summed E-state index contributed by atoms with van der Waals surface area (Å²) < 4.78 is 10.2. The summed E-state index contributed by atoms with van der Waals surface area (Å²) in [6, 6.07) is 7.96. The molecule has 0 aliphatic heterocycles. The van der Waals surface area contributed by atoms with E-state index < -0.39 is 11.9 Å². The van der Waals surface area contributed by atoms with Crippen LogP contribution in [-0.2, 0) is 6.61 Å². The average molecular weight is 261 g/mol. The van der Waals surface area contributed by atoms with Gasteiger partial charge in [-0.2, -0.15) is 0 Å². The molecule has 98 valence electrons. The van der Waals surface area contributed by atoms with Gasteiger partial charge in [-0.15, -0.1) is 0 Å². The maximum absolute atomic E-state index is 11.2. The number of para-hydroxylation sites is 1. The molecule has 19 heavy (non-hydrogen) atoms. The Morgan fingerprint density at radius 3 is 2.68 bits per heavy atom. The van der Waals surface area contributed by atoms with E-state index in [1.807, 2.05) is 0 Å². The highest BCUT2D eigenvalue weighted by atomic mass is 16.5. The number of hydrogen-bond acceptors (Lipinski definition) is 4. The van der Waals surface area contributed by atoms with Crippen molar-refractivity contribution in [2.45, 2.75) is 6.61 Å². The van der Waals surface area contributed by atoms with E-state index in [1.165, 1.54) is 18.4 Å². The Bertz CT molecular complexity index is 617. The van der Waals surface area contributed by atoms with Gasteiger partial charge in [-0.05, 0) is 18.2 Å². The molecule has 6 nitrogen and oxygen atoms in total. The summed E-state index contributed by atoms with van der Waals surface area (Å²) in [4.78, 5) is 22.0. The van der Waals surface area contributed by atoms with Crippen molar-refractivity contribution in [2.75, 3.05) is 0 Å². The summed E-state index contributed by atoms with van der Waals surface area (Å²) in [7, 11) is 0. The van der Waals surface area contributed by atoms with Gasteiger partial charge in [0, 0.05) is 5.56 Å². The number of carboxylic acids is 1. The van der Waals surface area contributed by atoms with Gasteiger partial charge in [0.05, 0.1) is 11.8 Å². The topological polar surface area (TPSA) is 103 Å². The van der Waals surface area contributed by atoms with E-state index in [0.717, 1.165) is 0 Å². The number of carbonyl (C=O) groups is 2. The molecule has 1 aromatic carbocycles. The third kappa shape index (κ3) is 2.74. The van der Waals surface area contributed by atoms with Crippen LogP contribution in [0.25, 0.3) is 0 Å². The molecule has 1 amide bonds. The Labute approximate surface area is 108 Å². The standard InChI is InChI=1S/C13H11NO5/c14-12(15)9-3-1-2-4-10(9)19-7-8-5-6-18-11(8)13(16)17/h1-6H,7H2,(H2,14,15)(H,16,17). The van der Waals surface area contributed by atoms with E-state index >= 15 is 0 Å². The molecule has 1 aromatic heterocycles. The van der Waals surface area contributed by atoms with Crippen LogP contribution in [0.15, 0.2) is 41.0 Å². The summed E-state index contributed by atoms with van der Waals surface area (Å²) in [5.41, 5.74) is 5.83. The van der Waals surface area contributed by atoms with Crippen molar-refractivity contribution in [3.8, 4) is 5.75 Å². The first-order chi connectivity index (χ1) is 9.09. The minimum atomic E-state index is -1.17. The number of carboxylic acid groups (broad SMARTS) is 1. The number of furan rings is 1. The molecular formula is C13H11NO5. The fourth-order valence-corrected chi connectivity index (χ4v) is 1.59. The summed E-state index contributed by atoms with van der Waals surface area (Å²) in [6.45, 7) is -0.0254. The second kappa shape index (κ2) is 5.26. The smallest absolute Gasteiger partial charge is 0.372 e. The van der Waals surface area contributed by atoms with Crippen LogP contribution in [-0.4, -0.2) is 17.0 Å². The van der Waals surface area contributed by atoms with E-state index in [4.69, 9.17) is 20.0 Å². The molecule has 0 bridgehead atoms. The molecule has 2 rings (SSSR count). The van der Waals surface area contributed by atoms with Crippen molar-refractivity contribution in [1.82, 2.24) is 0 Å². The first kappa shape index (κ1) is 12.7. The third-order valence-corrected chi connectivity index (χ3v) is 2.48. The number of ether oxygens (including phenoxy) is 1. The van der Waals surface area contributed by atoms with E-state index in [1.54, 1.807) is 18.2 Å². The first-order valence-electron chi connectivity index (χ1n) is 5.41. The van der Waals surface area contributed by atoms with Crippen molar-refractivity contribution < 1.29 is 23.8 Å². The molecule has 0 saturated carbocycles. The lowest BCUT2D eigenvalue weighted by molar-refractivity contribution is 0.0658. The second-order valence-electron chi connectivity index (χ2n) is 3.73. The minimum absolute atomic E-state index is 0.0254. The Morgan fingerprint density at radius 2 is 2.00 bits per heavy atom. The van der Waals surface area contributed by atoms with Gasteiger partial charge in [-0.25, -0.2) is 4.79 Å². The molecule has 0 aliphatic rings. The summed E-state index contributed by atoms with van der Waals surface area (Å²) >= 11 is 0. The Kier molecular flexibility index (Phi) is 3.51. The van der Waals surface area contributed by atoms with Gasteiger partial charge in [0.2, 0.25) is 5.76 Å². The zero-order valence-electron chi connectivity index (χ0n) is 9.83. The number of nitrogens with two attached hydrogens (primary N) is 1. The van der Waals surface area contributed by atoms with E-state index in [9.17, 15) is 9.59 Å². The molecule has 6 heteroatoms.